The second-order valence-electron chi connectivity index (χ2n) is 4.22. The van der Waals surface area contributed by atoms with Crippen LogP contribution in [-0.4, -0.2) is 27.9 Å². The van der Waals surface area contributed by atoms with Gasteiger partial charge in [0.15, 0.2) is 0 Å². The molecule has 0 saturated heterocycles. The third-order valence-corrected chi connectivity index (χ3v) is 4.75. The van der Waals surface area contributed by atoms with E-state index in [1.54, 1.807) is 0 Å². The summed E-state index contributed by atoms with van der Waals surface area (Å²) >= 11 is 1.26. The Balaban J connectivity index is 6.14. The molecular weight excluding hydrogens is 418 g/mol. The molecule has 3 atom stereocenters. The number of halogens is 10. The van der Waals surface area contributed by atoms with E-state index in [2.05, 4.69) is 0 Å². The van der Waals surface area contributed by atoms with Gasteiger partial charge in [-0.1, -0.05) is 36.4 Å². The summed E-state index contributed by atoms with van der Waals surface area (Å²) in [6.07, 6.45) is -13.9. The average Bonchev–Trinajstić information content (AvgIpc) is 2.25. The quantitative estimate of drug-likeness (QED) is 0.299. The molecule has 0 N–H and O–H groups in total. The van der Waals surface area contributed by atoms with Gasteiger partial charge in [-0.15, -0.1) is 0 Å². The summed E-state index contributed by atoms with van der Waals surface area (Å²) in [6.45, 7) is 2.22. The van der Waals surface area contributed by atoms with Gasteiger partial charge in [0.2, 0.25) is 0 Å². The van der Waals surface area contributed by atoms with Crippen LogP contribution in [0, 0.1) is 5.92 Å². The Bertz CT molecular complexity index is 322. The monoisotopic (exact) mass is 430 g/mol. The third-order valence-electron chi connectivity index (χ3n) is 3.00. The summed E-state index contributed by atoms with van der Waals surface area (Å²) in [6, 6.07) is 0. The summed E-state index contributed by atoms with van der Waals surface area (Å²) in [5.41, 5.74) is -5.66. The summed E-state index contributed by atoms with van der Waals surface area (Å²) in [5.74, 6) is -9.03. The van der Waals surface area contributed by atoms with E-state index in [0.29, 0.717) is 0 Å². The van der Waals surface area contributed by atoms with E-state index in [9.17, 15) is 39.5 Å². The molecule has 0 aromatic heterocycles. The van der Waals surface area contributed by atoms with Crippen molar-refractivity contribution in [2.24, 2.45) is 5.92 Å². The van der Waals surface area contributed by atoms with E-state index in [1.165, 1.54) is 29.5 Å². The summed E-state index contributed by atoms with van der Waals surface area (Å²) in [7, 11) is 0. The Kier molecular flexibility index (Phi) is 6.10. The van der Waals surface area contributed by atoms with Crippen LogP contribution in [0.3, 0.4) is 0 Å². The third kappa shape index (κ3) is 3.13. The van der Waals surface area contributed by atoms with E-state index in [1.807, 2.05) is 0 Å². The van der Waals surface area contributed by atoms with Crippen molar-refractivity contribution < 1.29 is 39.5 Å². The molecule has 0 aromatic carbocycles. The van der Waals surface area contributed by atoms with E-state index in [4.69, 9.17) is 0 Å². The highest BCUT2D eigenvalue weighted by molar-refractivity contribution is 14.1. The van der Waals surface area contributed by atoms with Gasteiger partial charge in [-0.3, -0.25) is 0 Å². The van der Waals surface area contributed by atoms with Gasteiger partial charge in [0.25, 0.3) is 5.67 Å². The van der Waals surface area contributed by atoms with Gasteiger partial charge in [0, 0.05) is 9.84 Å². The lowest BCUT2D eigenvalue weighted by molar-refractivity contribution is -0.395. The predicted molar refractivity (Wildman–Crippen MR) is 62.8 cm³/mol. The van der Waals surface area contributed by atoms with Crippen molar-refractivity contribution in [3.8, 4) is 0 Å². The molecule has 0 spiro atoms. The first-order chi connectivity index (χ1) is 8.68. The lowest BCUT2D eigenvalue weighted by atomic mass is 9.78. The highest BCUT2D eigenvalue weighted by Gasteiger charge is 2.83. The molecular formula is C10H12F9I. The molecule has 10 heteroatoms. The standard InChI is InChI=1S/C10H12F9I/c1-3-5(6(20)4-2)7(11,9(14,15)16)8(12,13)10(17,18)19/h5-6H,3-4H2,1-2H3. The van der Waals surface area contributed by atoms with Gasteiger partial charge in [-0.05, 0) is 12.8 Å². The Morgan fingerprint density at radius 2 is 1.15 bits per heavy atom. The van der Waals surface area contributed by atoms with E-state index < -0.39 is 40.2 Å². The first-order valence-corrected chi connectivity index (χ1v) is 6.77. The molecule has 0 radical (unpaired) electrons. The molecule has 0 heterocycles. The maximum absolute atomic E-state index is 14.1. The first-order valence-electron chi connectivity index (χ1n) is 5.52. The summed E-state index contributed by atoms with van der Waals surface area (Å²) < 4.78 is 114. The average molecular weight is 430 g/mol. The fraction of sp³-hybridized carbons (Fsp3) is 1.00. The normalized spacial score (nSPS) is 20.4. The Labute approximate surface area is 123 Å². The topological polar surface area (TPSA) is 0 Å². The van der Waals surface area contributed by atoms with Crippen molar-refractivity contribution >= 4 is 22.6 Å². The van der Waals surface area contributed by atoms with Crippen molar-refractivity contribution in [1.29, 1.82) is 0 Å². The second kappa shape index (κ2) is 6.07. The lowest BCUT2D eigenvalue weighted by Crippen LogP contribution is -2.66. The van der Waals surface area contributed by atoms with Gasteiger partial charge in [0.05, 0.1) is 0 Å². The zero-order chi connectivity index (χ0) is 16.6. The van der Waals surface area contributed by atoms with Gasteiger partial charge < -0.3 is 0 Å². The van der Waals surface area contributed by atoms with Crippen LogP contribution in [0.2, 0.25) is 0 Å². The van der Waals surface area contributed by atoms with Gasteiger partial charge in [-0.2, -0.15) is 35.1 Å². The van der Waals surface area contributed by atoms with Gasteiger partial charge >= 0.3 is 18.3 Å². The molecule has 3 unspecified atom stereocenters. The van der Waals surface area contributed by atoms with E-state index >= 15 is 0 Å². The Morgan fingerprint density at radius 1 is 0.750 bits per heavy atom. The fourth-order valence-corrected chi connectivity index (χ4v) is 2.90. The van der Waals surface area contributed by atoms with E-state index in [-0.39, 0.29) is 6.42 Å². The maximum atomic E-state index is 14.1. The molecule has 0 saturated carbocycles. The maximum Gasteiger partial charge on any atom is 0.457 e. The molecule has 0 rings (SSSR count). The Hall–Kier alpha value is 0.1000. The second-order valence-corrected chi connectivity index (χ2v) is 5.82. The molecule has 0 amide bonds. The van der Waals surface area contributed by atoms with Crippen LogP contribution in [0.1, 0.15) is 26.7 Å². The zero-order valence-electron chi connectivity index (χ0n) is 10.3. The number of alkyl halides is 10. The number of rotatable bonds is 5. The lowest BCUT2D eigenvalue weighted by Gasteiger charge is -2.42. The Morgan fingerprint density at radius 3 is 1.35 bits per heavy atom. The molecule has 122 valence electrons. The van der Waals surface area contributed by atoms with Gasteiger partial charge in [0.1, 0.15) is 0 Å². The molecule has 0 aromatic rings. The minimum absolute atomic E-state index is 0.172. The van der Waals surface area contributed by atoms with Crippen LogP contribution in [0.15, 0.2) is 0 Å². The highest BCUT2D eigenvalue weighted by atomic mass is 127. The predicted octanol–water partition coefficient (Wildman–Crippen LogP) is 5.69. The van der Waals surface area contributed by atoms with Crippen molar-refractivity contribution in [2.45, 2.75) is 54.6 Å². The van der Waals surface area contributed by atoms with E-state index in [0.717, 1.165) is 6.92 Å². The van der Waals surface area contributed by atoms with Crippen LogP contribution >= 0.6 is 22.6 Å². The van der Waals surface area contributed by atoms with Crippen LogP contribution in [0.5, 0.6) is 0 Å². The summed E-state index contributed by atoms with van der Waals surface area (Å²) in [5, 5.41) is 0. The minimum Gasteiger partial charge on any atom is -0.226 e. The molecule has 0 aliphatic carbocycles. The largest absolute Gasteiger partial charge is 0.457 e. The molecule has 0 nitrogen and oxygen atoms in total. The first kappa shape index (κ1) is 20.1. The van der Waals surface area contributed by atoms with Crippen molar-refractivity contribution in [3.05, 3.63) is 0 Å². The summed E-state index contributed by atoms with van der Waals surface area (Å²) in [4.78, 5) is 0. The molecule has 0 aliphatic rings. The molecule has 20 heavy (non-hydrogen) atoms. The minimum atomic E-state index is -6.63. The van der Waals surface area contributed by atoms with Crippen LogP contribution in [-0.2, 0) is 0 Å². The number of hydrogen-bond donors (Lipinski definition) is 0. The van der Waals surface area contributed by atoms with Crippen molar-refractivity contribution in [2.75, 3.05) is 0 Å². The molecule has 0 aliphatic heterocycles. The SMILES string of the molecule is CCC(I)C(CC)C(F)(C(F)(F)F)C(F)(F)C(F)(F)F. The van der Waals surface area contributed by atoms with Crippen molar-refractivity contribution in [1.82, 2.24) is 0 Å². The molecule has 0 fully saturated rings. The van der Waals surface area contributed by atoms with Gasteiger partial charge in [-0.25, -0.2) is 4.39 Å². The van der Waals surface area contributed by atoms with Crippen LogP contribution in [0.25, 0.3) is 0 Å². The van der Waals surface area contributed by atoms with Crippen LogP contribution < -0.4 is 0 Å². The number of hydrogen-bond acceptors (Lipinski definition) is 0. The zero-order valence-corrected chi connectivity index (χ0v) is 12.5. The smallest absolute Gasteiger partial charge is 0.226 e. The van der Waals surface area contributed by atoms with Crippen molar-refractivity contribution in [3.63, 3.8) is 0 Å². The van der Waals surface area contributed by atoms with Crippen LogP contribution in [0.4, 0.5) is 39.5 Å². The fourth-order valence-electron chi connectivity index (χ4n) is 1.90. The highest BCUT2D eigenvalue weighted by Crippen LogP contribution is 2.58. The molecule has 0 bridgehead atoms.